The maximum atomic E-state index is 13.4. The molecule has 1 aromatic carbocycles. The molecule has 2 N–H and O–H groups in total. The van der Waals surface area contributed by atoms with E-state index in [9.17, 15) is 14.0 Å². The van der Waals surface area contributed by atoms with Crippen LogP contribution in [-0.2, 0) is 9.53 Å². The van der Waals surface area contributed by atoms with E-state index in [1.807, 2.05) is 6.07 Å². The van der Waals surface area contributed by atoms with Gasteiger partial charge in [-0.25, -0.2) is 14.2 Å². The van der Waals surface area contributed by atoms with Crippen molar-refractivity contribution in [3.05, 3.63) is 48.5 Å². The van der Waals surface area contributed by atoms with E-state index in [2.05, 4.69) is 15.3 Å². The highest BCUT2D eigenvalue weighted by Gasteiger charge is 2.36. The number of nitrogens with zero attached hydrogens (tertiary/aromatic N) is 2. The number of carbonyl (C=O) groups excluding carboxylic acids is 2. The average Bonchev–Trinajstić information content (AvgIpc) is 3.34. The van der Waals surface area contributed by atoms with E-state index in [0.717, 1.165) is 22.9 Å². The van der Waals surface area contributed by atoms with Gasteiger partial charge < -0.3 is 15.0 Å². The van der Waals surface area contributed by atoms with Crippen LogP contribution in [0.1, 0.15) is 33.6 Å². The topological polar surface area (TPSA) is 87.3 Å². The molecule has 4 rings (SSSR count). The lowest BCUT2D eigenvalue weighted by atomic mass is 10.1. The molecule has 2 aromatic heterocycles. The van der Waals surface area contributed by atoms with Gasteiger partial charge in [-0.1, -0.05) is 0 Å². The van der Waals surface area contributed by atoms with Gasteiger partial charge in [0.2, 0.25) is 5.91 Å². The van der Waals surface area contributed by atoms with Gasteiger partial charge in [-0.2, -0.15) is 0 Å². The van der Waals surface area contributed by atoms with E-state index in [-0.39, 0.29) is 11.7 Å². The number of rotatable bonds is 3. The maximum Gasteiger partial charge on any atom is 0.410 e. The van der Waals surface area contributed by atoms with E-state index in [0.29, 0.717) is 24.3 Å². The van der Waals surface area contributed by atoms with Gasteiger partial charge in [-0.3, -0.25) is 9.69 Å². The van der Waals surface area contributed by atoms with Gasteiger partial charge in [0, 0.05) is 41.0 Å². The number of hydrogen-bond donors (Lipinski definition) is 2. The second kappa shape index (κ2) is 8.02. The summed E-state index contributed by atoms with van der Waals surface area (Å²) < 4.78 is 18.8. The molecule has 0 saturated carbocycles. The Bertz CT molecular complexity index is 1120. The first-order chi connectivity index (χ1) is 14.7. The molecule has 8 heteroatoms. The first-order valence-corrected chi connectivity index (χ1v) is 10.2. The standard InChI is InChI=1S/C23H25FN4O3/c1-23(2,3)31-22(30)28-10-4-5-19(28)21(29)27-20-9-6-14(12-26-20)17-13-25-18-11-15(24)7-8-16(17)18/h6-9,11-13,19,25H,4-5,10H2,1-3H3,(H,26,27,29)/t19-/m0/s1. The molecule has 0 aliphatic carbocycles. The van der Waals surface area contributed by atoms with Crippen molar-refractivity contribution in [2.75, 3.05) is 11.9 Å². The van der Waals surface area contributed by atoms with Crippen LogP contribution < -0.4 is 5.32 Å². The first kappa shape index (κ1) is 20.8. The molecule has 162 valence electrons. The van der Waals surface area contributed by atoms with Crippen LogP contribution >= 0.6 is 0 Å². The Hall–Kier alpha value is -3.42. The van der Waals surface area contributed by atoms with Gasteiger partial charge in [-0.05, 0) is 63.9 Å². The number of anilines is 1. The molecule has 3 heterocycles. The number of aromatic nitrogens is 2. The first-order valence-electron chi connectivity index (χ1n) is 10.2. The van der Waals surface area contributed by atoms with E-state index in [4.69, 9.17) is 4.74 Å². The summed E-state index contributed by atoms with van der Waals surface area (Å²) in [7, 11) is 0. The summed E-state index contributed by atoms with van der Waals surface area (Å²) in [5.74, 6) is -0.189. The average molecular weight is 424 g/mol. The molecule has 0 unspecified atom stereocenters. The smallest absolute Gasteiger partial charge is 0.410 e. The monoisotopic (exact) mass is 424 g/mol. The number of likely N-dealkylation sites (tertiary alicyclic amines) is 1. The third-order valence-corrected chi connectivity index (χ3v) is 5.15. The molecule has 0 spiro atoms. The fraction of sp³-hybridized carbons (Fsp3) is 0.348. The number of nitrogens with one attached hydrogen (secondary N) is 2. The summed E-state index contributed by atoms with van der Waals surface area (Å²) in [4.78, 5) is 34.1. The number of pyridine rings is 1. The zero-order chi connectivity index (χ0) is 22.2. The van der Waals surface area contributed by atoms with Gasteiger partial charge in [-0.15, -0.1) is 0 Å². The third kappa shape index (κ3) is 4.52. The third-order valence-electron chi connectivity index (χ3n) is 5.15. The van der Waals surface area contributed by atoms with Crippen molar-refractivity contribution < 1.29 is 18.7 Å². The van der Waals surface area contributed by atoms with E-state index in [1.54, 1.807) is 45.3 Å². The highest BCUT2D eigenvalue weighted by atomic mass is 19.1. The molecule has 1 aliphatic heterocycles. The lowest BCUT2D eigenvalue weighted by molar-refractivity contribution is -0.120. The van der Waals surface area contributed by atoms with Crippen molar-refractivity contribution in [2.45, 2.75) is 45.3 Å². The zero-order valence-electron chi connectivity index (χ0n) is 17.7. The Morgan fingerprint density at radius 2 is 2.06 bits per heavy atom. The van der Waals surface area contributed by atoms with Crippen LogP contribution in [0.15, 0.2) is 42.7 Å². The summed E-state index contributed by atoms with van der Waals surface area (Å²) in [6.45, 7) is 5.88. The minimum atomic E-state index is -0.619. The van der Waals surface area contributed by atoms with Crippen LogP contribution in [0.3, 0.4) is 0 Å². The van der Waals surface area contributed by atoms with Crippen molar-refractivity contribution in [1.29, 1.82) is 0 Å². The van der Waals surface area contributed by atoms with Crippen molar-refractivity contribution in [2.24, 2.45) is 0 Å². The molecule has 1 fully saturated rings. The molecule has 31 heavy (non-hydrogen) atoms. The second-order valence-corrected chi connectivity index (χ2v) is 8.65. The fourth-order valence-corrected chi connectivity index (χ4v) is 3.75. The lowest BCUT2D eigenvalue weighted by Gasteiger charge is -2.27. The molecular formula is C23H25FN4O3. The number of ether oxygens (including phenoxy) is 1. The summed E-state index contributed by atoms with van der Waals surface area (Å²) in [6.07, 6.45) is 4.29. The van der Waals surface area contributed by atoms with Crippen molar-refractivity contribution >= 4 is 28.7 Å². The Kier molecular flexibility index (Phi) is 5.39. The molecule has 0 bridgehead atoms. The number of amides is 2. The molecule has 1 saturated heterocycles. The SMILES string of the molecule is CC(C)(C)OC(=O)N1CCC[C@H]1C(=O)Nc1ccc(-c2c[nH]c3cc(F)ccc23)cn1. The van der Waals surface area contributed by atoms with Gasteiger partial charge >= 0.3 is 6.09 Å². The Labute approximate surface area is 179 Å². The molecular weight excluding hydrogens is 399 g/mol. The number of fused-ring (bicyclic) bond motifs is 1. The lowest BCUT2D eigenvalue weighted by Crippen LogP contribution is -2.45. The van der Waals surface area contributed by atoms with E-state index < -0.39 is 17.7 Å². The highest BCUT2D eigenvalue weighted by molar-refractivity contribution is 5.97. The van der Waals surface area contributed by atoms with Gasteiger partial charge in [0.25, 0.3) is 0 Å². The van der Waals surface area contributed by atoms with Crippen molar-refractivity contribution in [3.8, 4) is 11.1 Å². The van der Waals surface area contributed by atoms with Crippen LogP contribution in [0.2, 0.25) is 0 Å². The molecule has 2 amide bonds. The Morgan fingerprint density at radius 3 is 2.77 bits per heavy atom. The van der Waals surface area contributed by atoms with Crippen LogP contribution in [0, 0.1) is 5.82 Å². The molecule has 1 aliphatic rings. The van der Waals surface area contributed by atoms with E-state index in [1.165, 1.54) is 17.0 Å². The fourth-order valence-electron chi connectivity index (χ4n) is 3.75. The minimum Gasteiger partial charge on any atom is -0.444 e. The summed E-state index contributed by atoms with van der Waals surface area (Å²) >= 11 is 0. The number of hydrogen-bond acceptors (Lipinski definition) is 4. The molecule has 3 aromatic rings. The molecule has 0 radical (unpaired) electrons. The van der Waals surface area contributed by atoms with Gasteiger partial charge in [0.15, 0.2) is 0 Å². The summed E-state index contributed by atoms with van der Waals surface area (Å²) in [5.41, 5.74) is 1.82. The quantitative estimate of drug-likeness (QED) is 0.638. The summed E-state index contributed by atoms with van der Waals surface area (Å²) in [5, 5.41) is 3.68. The van der Waals surface area contributed by atoms with Gasteiger partial charge in [0.05, 0.1) is 0 Å². The second-order valence-electron chi connectivity index (χ2n) is 8.65. The van der Waals surface area contributed by atoms with Crippen LogP contribution in [0.5, 0.6) is 0 Å². The van der Waals surface area contributed by atoms with Crippen LogP contribution in [-0.4, -0.2) is 45.1 Å². The maximum absolute atomic E-state index is 13.4. The number of aromatic amines is 1. The van der Waals surface area contributed by atoms with Gasteiger partial charge in [0.1, 0.15) is 23.3 Å². The number of carbonyl (C=O) groups is 2. The summed E-state index contributed by atoms with van der Waals surface area (Å²) in [6, 6.07) is 7.55. The van der Waals surface area contributed by atoms with Crippen molar-refractivity contribution in [1.82, 2.24) is 14.9 Å². The zero-order valence-corrected chi connectivity index (χ0v) is 17.7. The Balaban J connectivity index is 1.46. The highest BCUT2D eigenvalue weighted by Crippen LogP contribution is 2.29. The van der Waals surface area contributed by atoms with Crippen LogP contribution in [0.4, 0.5) is 15.0 Å². The molecule has 7 nitrogen and oxygen atoms in total. The minimum absolute atomic E-state index is 0.286. The van der Waals surface area contributed by atoms with Crippen LogP contribution in [0.25, 0.3) is 22.0 Å². The predicted octanol–water partition coefficient (Wildman–Crippen LogP) is 4.71. The molecule has 1 atom stereocenters. The van der Waals surface area contributed by atoms with E-state index >= 15 is 0 Å². The number of benzene rings is 1. The Morgan fingerprint density at radius 1 is 1.26 bits per heavy atom. The largest absolute Gasteiger partial charge is 0.444 e. The number of halogens is 1. The number of H-pyrrole nitrogens is 1. The predicted molar refractivity (Wildman–Crippen MR) is 116 cm³/mol. The van der Waals surface area contributed by atoms with Crippen molar-refractivity contribution in [3.63, 3.8) is 0 Å². The normalized spacial score (nSPS) is 16.5.